The standard InChI is InChI=1S/C12H18BrNOS/c1-3-9-8(4-5-15-9)11(14)10-6-7(2)12(13)16-10/h6,8-9,11H,3-5,14H2,1-2H3. The second-order valence-electron chi connectivity index (χ2n) is 4.40. The van der Waals surface area contributed by atoms with Crippen LogP contribution in [0, 0.1) is 12.8 Å². The Bertz CT molecular complexity index is 346. The molecule has 4 heteroatoms. The first-order valence-electron chi connectivity index (χ1n) is 5.76. The molecule has 0 spiro atoms. The van der Waals surface area contributed by atoms with E-state index in [4.69, 9.17) is 10.5 Å². The normalized spacial score (nSPS) is 27.2. The Morgan fingerprint density at radius 3 is 3.00 bits per heavy atom. The first kappa shape index (κ1) is 12.6. The number of halogens is 1. The molecule has 1 aliphatic heterocycles. The number of rotatable bonds is 3. The molecule has 0 aromatic carbocycles. The average Bonchev–Trinajstić information content (AvgIpc) is 2.85. The first-order chi connectivity index (χ1) is 7.63. The molecule has 3 unspecified atom stereocenters. The maximum atomic E-state index is 6.36. The van der Waals surface area contributed by atoms with E-state index in [2.05, 4.69) is 35.8 Å². The van der Waals surface area contributed by atoms with Crippen molar-refractivity contribution in [2.24, 2.45) is 11.7 Å². The third-order valence-corrected chi connectivity index (χ3v) is 5.57. The van der Waals surface area contributed by atoms with Gasteiger partial charge in [0.25, 0.3) is 0 Å². The minimum Gasteiger partial charge on any atom is -0.378 e. The summed E-state index contributed by atoms with van der Waals surface area (Å²) in [5.41, 5.74) is 7.64. The fourth-order valence-electron chi connectivity index (χ4n) is 2.36. The van der Waals surface area contributed by atoms with Gasteiger partial charge in [-0.2, -0.15) is 0 Å². The van der Waals surface area contributed by atoms with Gasteiger partial charge >= 0.3 is 0 Å². The molecule has 3 atom stereocenters. The molecule has 2 nitrogen and oxygen atoms in total. The zero-order valence-electron chi connectivity index (χ0n) is 9.70. The Kier molecular flexibility index (Phi) is 4.06. The van der Waals surface area contributed by atoms with Crippen LogP contribution in [0.2, 0.25) is 0 Å². The van der Waals surface area contributed by atoms with Crippen LogP contribution >= 0.6 is 27.3 Å². The summed E-state index contributed by atoms with van der Waals surface area (Å²) in [5, 5.41) is 0. The molecule has 0 radical (unpaired) electrons. The molecule has 1 aliphatic rings. The summed E-state index contributed by atoms with van der Waals surface area (Å²) >= 11 is 5.31. The van der Waals surface area contributed by atoms with E-state index in [-0.39, 0.29) is 6.04 Å². The number of hydrogen-bond donors (Lipinski definition) is 1. The number of nitrogens with two attached hydrogens (primary N) is 1. The second-order valence-corrected chi connectivity index (χ2v) is 6.80. The number of thiophene rings is 1. The quantitative estimate of drug-likeness (QED) is 0.925. The predicted octanol–water partition coefficient (Wildman–Crippen LogP) is 3.63. The van der Waals surface area contributed by atoms with E-state index in [1.54, 1.807) is 11.3 Å². The molecule has 2 rings (SSSR count). The summed E-state index contributed by atoms with van der Waals surface area (Å²) in [6.45, 7) is 5.15. The van der Waals surface area contributed by atoms with Crippen LogP contribution in [-0.2, 0) is 4.74 Å². The number of hydrogen-bond acceptors (Lipinski definition) is 3. The van der Waals surface area contributed by atoms with Gasteiger partial charge in [0, 0.05) is 23.4 Å². The maximum Gasteiger partial charge on any atom is 0.0731 e. The third-order valence-electron chi connectivity index (χ3n) is 3.33. The van der Waals surface area contributed by atoms with Crippen LogP contribution < -0.4 is 5.73 Å². The lowest BCUT2D eigenvalue weighted by Crippen LogP contribution is -2.27. The molecule has 2 N–H and O–H groups in total. The molecular weight excluding hydrogens is 286 g/mol. The highest BCUT2D eigenvalue weighted by atomic mass is 79.9. The van der Waals surface area contributed by atoms with Gasteiger partial charge in [0.1, 0.15) is 0 Å². The highest BCUT2D eigenvalue weighted by molar-refractivity contribution is 9.11. The third kappa shape index (κ3) is 2.35. The Balaban J connectivity index is 2.14. The molecule has 1 aromatic heterocycles. The minimum atomic E-state index is 0.127. The van der Waals surface area contributed by atoms with Crippen LogP contribution in [0.25, 0.3) is 0 Å². The van der Waals surface area contributed by atoms with Crippen molar-refractivity contribution in [3.05, 3.63) is 20.3 Å². The topological polar surface area (TPSA) is 35.2 Å². The SMILES string of the molecule is CCC1OCCC1C(N)c1cc(C)c(Br)s1. The number of aryl methyl sites for hydroxylation is 1. The Morgan fingerprint density at radius 1 is 1.69 bits per heavy atom. The van der Waals surface area contributed by atoms with Crippen LogP contribution in [0.15, 0.2) is 9.85 Å². The predicted molar refractivity (Wildman–Crippen MR) is 71.8 cm³/mol. The van der Waals surface area contributed by atoms with Crippen LogP contribution in [0.1, 0.15) is 36.2 Å². The molecule has 0 bridgehead atoms. The lowest BCUT2D eigenvalue weighted by atomic mass is 9.91. The highest BCUT2D eigenvalue weighted by Gasteiger charge is 2.33. The van der Waals surface area contributed by atoms with E-state index in [1.165, 1.54) is 14.2 Å². The van der Waals surface area contributed by atoms with Crippen LogP contribution in [0.4, 0.5) is 0 Å². The van der Waals surface area contributed by atoms with Crippen molar-refractivity contribution in [1.29, 1.82) is 0 Å². The van der Waals surface area contributed by atoms with Gasteiger partial charge in [0.2, 0.25) is 0 Å². The molecule has 16 heavy (non-hydrogen) atoms. The van der Waals surface area contributed by atoms with Gasteiger partial charge in [-0.15, -0.1) is 11.3 Å². The van der Waals surface area contributed by atoms with Gasteiger partial charge in [-0.3, -0.25) is 0 Å². The summed E-state index contributed by atoms with van der Waals surface area (Å²) in [6.07, 6.45) is 2.49. The second kappa shape index (κ2) is 5.17. The fraction of sp³-hybridized carbons (Fsp3) is 0.667. The van der Waals surface area contributed by atoms with Crippen molar-refractivity contribution in [3.63, 3.8) is 0 Å². The smallest absolute Gasteiger partial charge is 0.0731 e. The molecule has 0 amide bonds. The monoisotopic (exact) mass is 303 g/mol. The van der Waals surface area contributed by atoms with Crippen molar-refractivity contribution in [2.45, 2.75) is 38.8 Å². The summed E-state index contributed by atoms with van der Waals surface area (Å²) in [5.74, 6) is 0.481. The van der Waals surface area contributed by atoms with Crippen LogP contribution in [-0.4, -0.2) is 12.7 Å². The molecule has 1 fully saturated rings. The van der Waals surface area contributed by atoms with E-state index >= 15 is 0 Å². The lowest BCUT2D eigenvalue weighted by Gasteiger charge is -2.22. The van der Waals surface area contributed by atoms with Gasteiger partial charge < -0.3 is 10.5 Å². The molecule has 90 valence electrons. The summed E-state index contributed by atoms with van der Waals surface area (Å²) in [6, 6.07) is 2.33. The lowest BCUT2D eigenvalue weighted by molar-refractivity contribution is 0.0816. The van der Waals surface area contributed by atoms with Crippen LogP contribution in [0.5, 0.6) is 0 Å². The zero-order chi connectivity index (χ0) is 11.7. The molecule has 2 heterocycles. The summed E-state index contributed by atoms with van der Waals surface area (Å²) in [7, 11) is 0. The van der Waals surface area contributed by atoms with E-state index in [0.29, 0.717) is 12.0 Å². The Labute approximate surface area is 109 Å². The Hall–Kier alpha value is 0.1000. The molecular formula is C12H18BrNOS. The van der Waals surface area contributed by atoms with Crippen molar-refractivity contribution in [3.8, 4) is 0 Å². The fourth-order valence-corrected chi connectivity index (χ4v) is 4.00. The Morgan fingerprint density at radius 2 is 2.44 bits per heavy atom. The molecule has 0 saturated carbocycles. The highest BCUT2D eigenvalue weighted by Crippen LogP contribution is 2.38. The minimum absolute atomic E-state index is 0.127. The van der Waals surface area contributed by atoms with E-state index in [1.807, 2.05) is 0 Å². The van der Waals surface area contributed by atoms with Crippen molar-refractivity contribution in [2.75, 3.05) is 6.61 Å². The van der Waals surface area contributed by atoms with Crippen molar-refractivity contribution < 1.29 is 4.74 Å². The van der Waals surface area contributed by atoms with Gasteiger partial charge in [0.15, 0.2) is 0 Å². The van der Waals surface area contributed by atoms with E-state index in [0.717, 1.165) is 19.4 Å². The van der Waals surface area contributed by atoms with Crippen molar-refractivity contribution in [1.82, 2.24) is 0 Å². The van der Waals surface area contributed by atoms with E-state index in [9.17, 15) is 0 Å². The van der Waals surface area contributed by atoms with Gasteiger partial charge in [-0.25, -0.2) is 0 Å². The summed E-state index contributed by atoms with van der Waals surface area (Å²) < 4.78 is 6.91. The first-order valence-corrected chi connectivity index (χ1v) is 7.37. The molecule has 0 aliphatic carbocycles. The van der Waals surface area contributed by atoms with E-state index < -0.39 is 0 Å². The van der Waals surface area contributed by atoms with Gasteiger partial charge in [-0.05, 0) is 47.3 Å². The van der Waals surface area contributed by atoms with Crippen LogP contribution in [0.3, 0.4) is 0 Å². The molecule has 1 saturated heterocycles. The van der Waals surface area contributed by atoms with Gasteiger partial charge in [0.05, 0.1) is 9.89 Å². The number of ether oxygens (including phenoxy) is 1. The summed E-state index contributed by atoms with van der Waals surface area (Å²) in [4.78, 5) is 1.28. The zero-order valence-corrected chi connectivity index (χ0v) is 12.1. The average molecular weight is 304 g/mol. The maximum absolute atomic E-state index is 6.36. The molecule has 1 aromatic rings. The largest absolute Gasteiger partial charge is 0.378 e. The van der Waals surface area contributed by atoms with Gasteiger partial charge in [-0.1, -0.05) is 6.92 Å². The van der Waals surface area contributed by atoms with Crippen molar-refractivity contribution >= 4 is 27.3 Å².